The summed E-state index contributed by atoms with van der Waals surface area (Å²) in [5.74, 6) is 0. The van der Waals surface area contributed by atoms with Crippen molar-refractivity contribution in [3.63, 3.8) is 0 Å². The van der Waals surface area contributed by atoms with E-state index in [1.807, 2.05) is 0 Å². The molecule has 0 aromatic heterocycles. The van der Waals surface area contributed by atoms with Gasteiger partial charge in [-0.15, -0.1) is 0 Å². The van der Waals surface area contributed by atoms with E-state index < -0.39 is 0 Å². The van der Waals surface area contributed by atoms with E-state index >= 15 is 0 Å². The van der Waals surface area contributed by atoms with Crippen molar-refractivity contribution < 1.29 is 0 Å². The SMILES string of the molecule is Cc1ccc(-c2cc3cccc4ccc5cccc2c5c43)cc1. The Labute approximate surface area is 135 Å². The molecule has 0 aliphatic heterocycles. The van der Waals surface area contributed by atoms with Crippen LogP contribution in [0.5, 0.6) is 0 Å². The van der Waals surface area contributed by atoms with Crippen molar-refractivity contribution in [3.05, 3.63) is 84.4 Å². The first-order chi connectivity index (χ1) is 11.3. The van der Waals surface area contributed by atoms with Crippen molar-refractivity contribution >= 4 is 32.3 Å². The standard InChI is InChI=1S/C23H16/c1-15-8-10-16(11-9-15)21-14-19-6-2-4-17-12-13-18-5-3-7-20(21)23(18)22(17)19/h2-14H,1H3. The largest absolute Gasteiger partial charge is 0.0610 e. The summed E-state index contributed by atoms with van der Waals surface area (Å²) < 4.78 is 0. The first kappa shape index (κ1) is 12.7. The predicted octanol–water partition coefficient (Wildman–Crippen LogP) is 6.56. The van der Waals surface area contributed by atoms with Crippen molar-refractivity contribution in [2.45, 2.75) is 6.92 Å². The Balaban J connectivity index is 2.01. The van der Waals surface area contributed by atoms with Gasteiger partial charge >= 0.3 is 0 Å². The van der Waals surface area contributed by atoms with Gasteiger partial charge in [0.2, 0.25) is 0 Å². The molecule has 0 fully saturated rings. The Morgan fingerprint density at radius 3 is 2.00 bits per heavy atom. The van der Waals surface area contributed by atoms with Crippen molar-refractivity contribution in [1.29, 1.82) is 0 Å². The molecule has 0 atom stereocenters. The first-order valence-corrected chi connectivity index (χ1v) is 8.05. The minimum Gasteiger partial charge on any atom is -0.0610 e. The van der Waals surface area contributed by atoms with Crippen molar-refractivity contribution in [1.82, 2.24) is 0 Å². The normalized spacial score (nSPS) is 11.7. The molecular weight excluding hydrogens is 276 g/mol. The van der Waals surface area contributed by atoms with Crippen molar-refractivity contribution in [2.75, 3.05) is 0 Å². The predicted molar refractivity (Wildman–Crippen MR) is 100 cm³/mol. The fourth-order valence-electron chi connectivity index (χ4n) is 3.73. The average molecular weight is 292 g/mol. The van der Waals surface area contributed by atoms with E-state index in [0.29, 0.717) is 0 Å². The second-order valence-electron chi connectivity index (χ2n) is 6.34. The molecule has 0 unspecified atom stereocenters. The molecule has 0 amide bonds. The van der Waals surface area contributed by atoms with Crippen LogP contribution < -0.4 is 0 Å². The van der Waals surface area contributed by atoms with E-state index in [0.717, 1.165) is 0 Å². The van der Waals surface area contributed by atoms with Crippen LogP contribution >= 0.6 is 0 Å². The van der Waals surface area contributed by atoms with Crippen LogP contribution in [-0.4, -0.2) is 0 Å². The van der Waals surface area contributed by atoms with E-state index in [9.17, 15) is 0 Å². The quantitative estimate of drug-likeness (QED) is 0.307. The zero-order chi connectivity index (χ0) is 15.4. The number of hydrogen-bond acceptors (Lipinski definition) is 0. The molecule has 0 N–H and O–H groups in total. The minimum absolute atomic E-state index is 1.29. The number of aryl methyl sites for hydroxylation is 1. The molecule has 23 heavy (non-hydrogen) atoms. The molecule has 0 bridgehead atoms. The second kappa shape index (κ2) is 4.57. The molecule has 5 aromatic rings. The molecule has 0 saturated heterocycles. The average Bonchev–Trinajstić information content (AvgIpc) is 2.60. The Bertz CT molecular complexity index is 1150. The molecule has 0 aliphatic rings. The van der Waals surface area contributed by atoms with E-state index in [-0.39, 0.29) is 0 Å². The van der Waals surface area contributed by atoms with Crippen LogP contribution in [0.4, 0.5) is 0 Å². The Hall–Kier alpha value is -2.86. The number of hydrogen-bond donors (Lipinski definition) is 0. The highest BCUT2D eigenvalue weighted by molar-refractivity contribution is 6.26. The van der Waals surface area contributed by atoms with Crippen LogP contribution in [0.2, 0.25) is 0 Å². The topological polar surface area (TPSA) is 0 Å². The molecule has 0 spiro atoms. The third-order valence-electron chi connectivity index (χ3n) is 4.87. The maximum Gasteiger partial charge on any atom is -0.00206 e. The fourth-order valence-corrected chi connectivity index (χ4v) is 3.73. The van der Waals surface area contributed by atoms with E-state index in [4.69, 9.17) is 0 Å². The molecule has 0 radical (unpaired) electrons. The molecule has 0 heterocycles. The zero-order valence-corrected chi connectivity index (χ0v) is 13.0. The highest BCUT2D eigenvalue weighted by Gasteiger charge is 2.12. The van der Waals surface area contributed by atoms with Crippen LogP contribution in [0, 0.1) is 6.92 Å². The summed E-state index contributed by atoms with van der Waals surface area (Å²) in [6.07, 6.45) is 0. The van der Waals surface area contributed by atoms with Gasteiger partial charge in [0.25, 0.3) is 0 Å². The Morgan fingerprint density at radius 1 is 0.565 bits per heavy atom. The van der Waals surface area contributed by atoms with Gasteiger partial charge in [-0.2, -0.15) is 0 Å². The van der Waals surface area contributed by atoms with Crippen molar-refractivity contribution in [2.24, 2.45) is 0 Å². The third-order valence-corrected chi connectivity index (χ3v) is 4.87. The second-order valence-corrected chi connectivity index (χ2v) is 6.34. The summed E-state index contributed by atoms with van der Waals surface area (Å²) in [6.45, 7) is 2.13. The first-order valence-electron chi connectivity index (χ1n) is 8.05. The van der Waals surface area contributed by atoms with E-state index in [2.05, 4.69) is 85.8 Å². The van der Waals surface area contributed by atoms with Gasteiger partial charge in [0.15, 0.2) is 0 Å². The maximum atomic E-state index is 2.34. The van der Waals surface area contributed by atoms with Gasteiger partial charge in [-0.1, -0.05) is 78.4 Å². The summed E-state index contributed by atoms with van der Waals surface area (Å²) >= 11 is 0. The lowest BCUT2D eigenvalue weighted by Gasteiger charge is -2.15. The van der Waals surface area contributed by atoms with Gasteiger partial charge in [-0.05, 0) is 56.4 Å². The molecule has 5 aromatic carbocycles. The van der Waals surface area contributed by atoms with Crippen LogP contribution in [0.25, 0.3) is 43.4 Å². The van der Waals surface area contributed by atoms with Gasteiger partial charge in [-0.25, -0.2) is 0 Å². The molecule has 0 saturated carbocycles. The molecule has 0 heteroatoms. The van der Waals surface area contributed by atoms with Crippen LogP contribution in [0.15, 0.2) is 78.9 Å². The van der Waals surface area contributed by atoms with E-state index in [1.54, 1.807) is 0 Å². The highest BCUT2D eigenvalue weighted by Crippen LogP contribution is 2.39. The molecule has 108 valence electrons. The third kappa shape index (κ3) is 1.78. The molecule has 0 aliphatic carbocycles. The molecule has 5 rings (SSSR count). The molecular formula is C23H16. The summed E-state index contributed by atoms with van der Waals surface area (Å²) in [6, 6.07) is 28.9. The summed E-state index contributed by atoms with van der Waals surface area (Å²) in [5.41, 5.74) is 3.90. The number of benzene rings is 5. The lowest BCUT2D eigenvalue weighted by Crippen LogP contribution is -1.87. The Kier molecular flexibility index (Phi) is 2.51. The lowest BCUT2D eigenvalue weighted by atomic mass is 9.89. The fraction of sp³-hybridized carbons (Fsp3) is 0.0435. The van der Waals surface area contributed by atoms with Gasteiger partial charge in [0, 0.05) is 0 Å². The highest BCUT2D eigenvalue weighted by atomic mass is 14.2. The van der Waals surface area contributed by atoms with Crippen LogP contribution in [0.3, 0.4) is 0 Å². The number of rotatable bonds is 1. The van der Waals surface area contributed by atoms with Crippen molar-refractivity contribution in [3.8, 4) is 11.1 Å². The van der Waals surface area contributed by atoms with Crippen LogP contribution in [0.1, 0.15) is 5.56 Å². The summed E-state index contributed by atoms with van der Waals surface area (Å²) in [5, 5.41) is 8.08. The monoisotopic (exact) mass is 292 g/mol. The van der Waals surface area contributed by atoms with Crippen LogP contribution in [-0.2, 0) is 0 Å². The van der Waals surface area contributed by atoms with Gasteiger partial charge in [-0.3, -0.25) is 0 Å². The van der Waals surface area contributed by atoms with E-state index in [1.165, 1.54) is 49.0 Å². The smallest absolute Gasteiger partial charge is 0.00206 e. The molecule has 0 nitrogen and oxygen atoms in total. The summed E-state index contributed by atoms with van der Waals surface area (Å²) in [4.78, 5) is 0. The zero-order valence-electron chi connectivity index (χ0n) is 13.0. The lowest BCUT2D eigenvalue weighted by molar-refractivity contribution is 1.47. The van der Waals surface area contributed by atoms with Gasteiger partial charge in [0.1, 0.15) is 0 Å². The van der Waals surface area contributed by atoms with Gasteiger partial charge < -0.3 is 0 Å². The maximum absolute atomic E-state index is 2.34. The van der Waals surface area contributed by atoms with Gasteiger partial charge in [0.05, 0.1) is 0 Å². The Morgan fingerprint density at radius 2 is 1.22 bits per heavy atom. The summed E-state index contributed by atoms with van der Waals surface area (Å²) in [7, 11) is 0. The minimum atomic E-state index is 1.29.